The zero-order valence-corrected chi connectivity index (χ0v) is 9.95. The Morgan fingerprint density at radius 2 is 2.22 bits per heavy atom. The molecule has 0 saturated carbocycles. The molecule has 0 radical (unpaired) electrons. The summed E-state index contributed by atoms with van der Waals surface area (Å²) < 4.78 is 0. The predicted octanol–water partition coefficient (Wildman–Crippen LogP) is 0.598. The molecule has 2 heterocycles. The van der Waals surface area contributed by atoms with Gasteiger partial charge in [-0.05, 0) is 19.4 Å². The lowest BCUT2D eigenvalue weighted by molar-refractivity contribution is -0.144. The molecule has 0 amide bonds. The number of rotatable bonds is 4. The molecule has 2 rings (SSSR count). The van der Waals surface area contributed by atoms with E-state index >= 15 is 0 Å². The molecule has 1 aliphatic rings. The van der Waals surface area contributed by atoms with Crippen molar-refractivity contribution in [2.75, 3.05) is 13.1 Å². The van der Waals surface area contributed by atoms with Crippen LogP contribution >= 0.6 is 0 Å². The minimum Gasteiger partial charge on any atom is -0.480 e. The van der Waals surface area contributed by atoms with Crippen molar-refractivity contribution in [3.63, 3.8) is 0 Å². The summed E-state index contributed by atoms with van der Waals surface area (Å²) in [6, 6.07) is -0.556. The first-order valence-corrected chi connectivity index (χ1v) is 5.94. The van der Waals surface area contributed by atoms with Gasteiger partial charge in [-0.3, -0.25) is 19.5 Å². The third kappa shape index (κ3) is 2.89. The fourth-order valence-corrected chi connectivity index (χ4v) is 2.17. The molecule has 1 atom stereocenters. The van der Waals surface area contributed by atoms with Gasteiger partial charge in [0.25, 0.3) is 0 Å². The van der Waals surface area contributed by atoms with E-state index in [1.807, 2.05) is 0 Å². The van der Waals surface area contributed by atoms with Gasteiger partial charge in [0.15, 0.2) is 5.78 Å². The second-order valence-corrected chi connectivity index (χ2v) is 4.33. The first-order chi connectivity index (χ1) is 8.68. The molecule has 0 spiro atoms. The molecule has 1 aromatic heterocycles. The van der Waals surface area contributed by atoms with Crippen LogP contribution in [-0.4, -0.2) is 50.9 Å². The molecule has 0 aliphatic carbocycles. The molecule has 1 N–H and O–H groups in total. The third-order valence-corrected chi connectivity index (χ3v) is 3.09. The summed E-state index contributed by atoms with van der Waals surface area (Å²) in [5.41, 5.74) is 0.284. The molecule has 1 aromatic rings. The van der Waals surface area contributed by atoms with E-state index < -0.39 is 12.0 Å². The number of piperidine rings is 1. The van der Waals surface area contributed by atoms with E-state index in [1.54, 1.807) is 4.90 Å². The summed E-state index contributed by atoms with van der Waals surface area (Å²) in [7, 11) is 0. The topological polar surface area (TPSA) is 83.4 Å². The Bertz CT molecular complexity index is 435. The van der Waals surface area contributed by atoms with E-state index in [-0.39, 0.29) is 18.0 Å². The number of carboxylic acids is 1. The highest BCUT2D eigenvalue weighted by Crippen LogP contribution is 2.17. The maximum Gasteiger partial charge on any atom is 0.320 e. The summed E-state index contributed by atoms with van der Waals surface area (Å²) >= 11 is 0. The lowest BCUT2D eigenvalue weighted by Gasteiger charge is -2.31. The summed E-state index contributed by atoms with van der Waals surface area (Å²) in [5, 5.41) is 9.11. The first-order valence-electron chi connectivity index (χ1n) is 5.94. The van der Waals surface area contributed by atoms with Crippen molar-refractivity contribution in [3.05, 3.63) is 24.3 Å². The van der Waals surface area contributed by atoms with Gasteiger partial charge in [-0.15, -0.1) is 0 Å². The van der Waals surface area contributed by atoms with Gasteiger partial charge in [-0.1, -0.05) is 6.42 Å². The molecular formula is C12H15N3O3. The molecule has 1 aliphatic heterocycles. The van der Waals surface area contributed by atoms with Crippen molar-refractivity contribution < 1.29 is 14.7 Å². The molecule has 96 valence electrons. The highest BCUT2D eigenvalue weighted by atomic mass is 16.4. The fraction of sp³-hybridized carbons (Fsp3) is 0.500. The molecule has 6 nitrogen and oxygen atoms in total. The van der Waals surface area contributed by atoms with Crippen LogP contribution in [0.4, 0.5) is 0 Å². The van der Waals surface area contributed by atoms with Crippen LogP contribution in [0.1, 0.15) is 29.8 Å². The Labute approximate surface area is 105 Å². The maximum atomic E-state index is 11.9. The molecule has 1 fully saturated rings. The average Bonchev–Trinajstić information content (AvgIpc) is 2.40. The number of aromatic nitrogens is 2. The Balaban J connectivity index is 2.03. The average molecular weight is 249 g/mol. The Morgan fingerprint density at radius 3 is 2.89 bits per heavy atom. The number of likely N-dealkylation sites (tertiary alicyclic amines) is 1. The van der Waals surface area contributed by atoms with Gasteiger partial charge in [-0.2, -0.15) is 0 Å². The molecule has 6 heteroatoms. The van der Waals surface area contributed by atoms with E-state index in [0.717, 1.165) is 12.8 Å². The zero-order valence-electron chi connectivity index (χ0n) is 9.95. The zero-order chi connectivity index (χ0) is 13.0. The quantitative estimate of drug-likeness (QED) is 0.787. The van der Waals surface area contributed by atoms with Crippen LogP contribution in [-0.2, 0) is 4.79 Å². The van der Waals surface area contributed by atoms with E-state index in [0.29, 0.717) is 13.0 Å². The molecule has 0 aromatic carbocycles. The van der Waals surface area contributed by atoms with E-state index in [1.165, 1.54) is 18.6 Å². The second kappa shape index (κ2) is 5.68. The number of hydrogen-bond acceptors (Lipinski definition) is 5. The summed E-state index contributed by atoms with van der Waals surface area (Å²) in [4.78, 5) is 32.5. The van der Waals surface area contributed by atoms with Crippen LogP contribution in [0, 0.1) is 0 Å². The van der Waals surface area contributed by atoms with Crippen molar-refractivity contribution in [3.8, 4) is 0 Å². The van der Waals surface area contributed by atoms with Crippen LogP contribution in [0.15, 0.2) is 18.6 Å². The Kier molecular flexibility index (Phi) is 3.99. The van der Waals surface area contributed by atoms with Gasteiger partial charge in [0.05, 0.1) is 12.7 Å². The molecule has 0 bridgehead atoms. The van der Waals surface area contributed by atoms with Crippen LogP contribution in [0.5, 0.6) is 0 Å². The minimum absolute atomic E-state index is 0.0929. The molecule has 1 saturated heterocycles. The van der Waals surface area contributed by atoms with Crippen molar-refractivity contribution in [1.29, 1.82) is 0 Å². The van der Waals surface area contributed by atoms with Crippen LogP contribution in [0.2, 0.25) is 0 Å². The largest absolute Gasteiger partial charge is 0.480 e. The first kappa shape index (κ1) is 12.6. The van der Waals surface area contributed by atoms with Crippen molar-refractivity contribution in [2.45, 2.75) is 25.3 Å². The van der Waals surface area contributed by atoms with Crippen LogP contribution < -0.4 is 0 Å². The molecule has 0 unspecified atom stereocenters. The molecule has 18 heavy (non-hydrogen) atoms. The van der Waals surface area contributed by atoms with Gasteiger partial charge < -0.3 is 5.11 Å². The number of Topliss-reactive ketones (excluding diaryl/α,β-unsaturated/α-hetero) is 1. The van der Waals surface area contributed by atoms with Gasteiger partial charge in [0.2, 0.25) is 0 Å². The van der Waals surface area contributed by atoms with E-state index in [9.17, 15) is 9.59 Å². The van der Waals surface area contributed by atoms with Gasteiger partial charge in [0.1, 0.15) is 11.7 Å². The van der Waals surface area contributed by atoms with Gasteiger partial charge in [-0.25, -0.2) is 4.98 Å². The van der Waals surface area contributed by atoms with Crippen molar-refractivity contribution in [2.24, 2.45) is 0 Å². The van der Waals surface area contributed by atoms with E-state index in [4.69, 9.17) is 5.11 Å². The number of carboxylic acid groups (broad SMARTS) is 1. The minimum atomic E-state index is -0.860. The summed E-state index contributed by atoms with van der Waals surface area (Å²) in [6.45, 7) is 0.735. The predicted molar refractivity (Wildman–Crippen MR) is 63.2 cm³/mol. The number of nitrogens with zero attached hydrogens (tertiary/aromatic N) is 3. The maximum absolute atomic E-state index is 11.9. The standard InChI is InChI=1S/C12H15N3O3/c16-11(9-7-13-4-5-14-9)8-15-6-2-1-3-10(15)12(17)18/h4-5,7,10H,1-3,6,8H2,(H,17,18)/t10-/m0/s1. The van der Waals surface area contributed by atoms with Crippen LogP contribution in [0.25, 0.3) is 0 Å². The second-order valence-electron chi connectivity index (χ2n) is 4.33. The Hall–Kier alpha value is -1.82. The lowest BCUT2D eigenvalue weighted by atomic mass is 10.0. The number of ketones is 1. The summed E-state index contributed by atoms with van der Waals surface area (Å²) in [6.07, 6.45) is 6.78. The summed E-state index contributed by atoms with van der Waals surface area (Å²) in [5.74, 6) is -1.04. The fourth-order valence-electron chi connectivity index (χ4n) is 2.17. The number of carbonyl (C=O) groups is 2. The highest BCUT2D eigenvalue weighted by Gasteiger charge is 2.29. The van der Waals surface area contributed by atoms with Crippen molar-refractivity contribution >= 4 is 11.8 Å². The monoisotopic (exact) mass is 249 g/mol. The number of carbonyl (C=O) groups excluding carboxylic acids is 1. The highest BCUT2D eigenvalue weighted by molar-refractivity contribution is 5.95. The smallest absolute Gasteiger partial charge is 0.320 e. The molecular weight excluding hydrogens is 234 g/mol. The Morgan fingerprint density at radius 1 is 1.39 bits per heavy atom. The number of aliphatic carboxylic acids is 1. The van der Waals surface area contributed by atoms with Crippen molar-refractivity contribution in [1.82, 2.24) is 14.9 Å². The van der Waals surface area contributed by atoms with Gasteiger partial charge >= 0.3 is 5.97 Å². The lowest BCUT2D eigenvalue weighted by Crippen LogP contribution is -2.46. The normalized spacial score (nSPS) is 20.6. The number of hydrogen-bond donors (Lipinski definition) is 1. The van der Waals surface area contributed by atoms with Gasteiger partial charge in [0, 0.05) is 12.4 Å². The van der Waals surface area contributed by atoms with Crippen LogP contribution in [0.3, 0.4) is 0 Å². The SMILES string of the molecule is O=C(CN1CCCC[C@H]1C(=O)O)c1cnccn1. The third-order valence-electron chi connectivity index (χ3n) is 3.09. The van der Waals surface area contributed by atoms with E-state index in [2.05, 4.69) is 9.97 Å².